The van der Waals surface area contributed by atoms with Crippen molar-refractivity contribution >= 4 is 89.2 Å². The van der Waals surface area contributed by atoms with Gasteiger partial charge in [0.1, 0.15) is 11.2 Å². The van der Waals surface area contributed by atoms with Crippen LogP contribution in [-0.4, -0.2) is 0 Å². The molecule has 2 nitrogen and oxygen atoms in total. The Bertz CT molecular complexity index is 3240. The molecule has 0 N–H and O–H groups in total. The van der Waals surface area contributed by atoms with Crippen molar-refractivity contribution in [2.24, 2.45) is 0 Å². The second kappa shape index (κ2) is 12.9. The van der Waals surface area contributed by atoms with Crippen LogP contribution in [0.5, 0.6) is 0 Å². The van der Waals surface area contributed by atoms with Crippen LogP contribution in [0, 0.1) is 6.92 Å². The van der Waals surface area contributed by atoms with Crippen LogP contribution in [0.2, 0.25) is 0 Å². The lowest BCUT2D eigenvalue weighted by Gasteiger charge is -2.34. The van der Waals surface area contributed by atoms with Crippen LogP contribution >= 0.6 is 11.8 Å². The maximum absolute atomic E-state index is 6.19. The molecule has 56 heavy (non-hydrogen) atoms. The maximum atomic E-state index is 6.19. The molecule has 0 amide bonds. The van der Waals surface area contributed by atoms with Crippen LogP contribution in [0.4, 0.5) is 17.1 Å². The molecule has 11 rings (SSSR count). The number of aryl methyl sites for hydroxylation is 1. The summed E-state index contributed by atoms with van der Waals surface area (Å²) in [6.07, 6.45) is 6.02. The van der Waals surface area contributed by atoms with Gasteiger partial charge < -0.3 is 9.32 Å². The van der Waals surface area contributed by atoms with E-state index in [-0.39, 0.29) is 0 Å². The van der Waals surface area contributed by atoms with Crippen molar-refractivity contribution < 1.29 is 4.42 Å². The van der Waals surface area contributed by atoms with Gasteiger partial charge in [-0.2, -0.15) is 0 Å². The van der Waals surface area contributed by atoms with Gasteiger partial charge in [0.25, 0.3) is 0 Å². The largest absolute Gasteiger partial charge is 0.456 e. The van der Waals surface area contributed by atoms with Crippen LogP contribution in [0.25, 0.3) is 82.6 Å². The zero-order chi connectivity index (χ0) is 37.3. The number of para-hydroxylation sites is 1. The summed E-state index contributed by atoms with van der Waals surface area (Å²) in [5.41, 5.74) is 12.5. The van der Waals surface area contributed by atoms with E-state index >= 15 is 0 Å². The molecule has 1 aliphatic rings. The zero-order valence-corrected chi connectivity index (χ0v) is 31.6. The van der Waals surface area contributed by atoms with Gasteiger partial charge in [0.05, 0.1) is 11.4 Å². The molecule has 0 atom stereocenters. The predicted octanol–water partition coefficient (Wildman–Crippen LogP) is 15.8. The van der Waals surface area contributed by atoms with E-state index in [1.807, 2.05) is 36.0 Å². The molecule has 0 fully saturated rings. The first-order valence-corrected chi connectivity index (χ1v) is 19.8. The fourth-order valence-electron chi connectivity index (χ4n) is 8.58. The van der Waals surface area contributed by atoms with E-state index in [0.29, 0.717) is 0 Å². The molecular formula is C53H35NOS. The summed E-state index contributed by atoms with van der Waals surface area (Å²) in [6.45, 7) is 6.14. The Kier molecular flexibility index (Phi) is 7.51. The van der Waals surface area contributed by atoms with Gasteiger partial charge in [-0.15, -0.1) is 0 Å². The van der Waals surface area contributed by atoms with Crippen molar-refractivity contribution in [3.05, 3.63) is 194 Å². The van der Waals surface area contributed by atoms with Crippen molar-refractivity contribution in [3.8, 4) is 22.3 Å². The Labute approximate surface area is 329 Å². The zero-order valence-electron chi connectivity index (χ0n) is 30.8. The molecule has 0 radical (unpaired) electrons. The molecule has 0 aliphatic carbocycles. The van der Waals surface area contributed by atoms with E-state index in [4.69, 9.17) is 4.42 Å². The number of benzene rings is 9. The lowest BCUT2D eigenvalue weighted by atomic mass is 9.91. The molecular weight excluding hydrogens is 699 g/mol. The molecule has 0 unspecified atom stereocenters. The normalized spacial score (nSPS) is 12.6. The third kappa shape index (κ3) is 5.20. The smallest absolute Gasteiger partial charge is 0.135 e. The highest BCUT2D eigenvalue weighted by Crippen LogP contribution is 2.54. The second-order valence-electron chi connectivity index (χ2n) is 14.6. The lowest BCUT2D eigenvalue weighted by Crippen LogP contribution is -2.15. The molecule has 0 spiro atoms. The number of anilines is 3. The third-order valence-corrected chi connectivity index (χ3v) is 12.4. The van der Waals surface area contributed by atoms with E-state index in [0.717, 1.165) is 44.4 Å². The minimum atomic E-state index is 0.904. The fraction of sp³-hybridized carbons (Fsp3) is 0.0189. The number of rotatable bonds is 5. The molecule has 0 bridgehead atoms. The average Bonchev–Trinajstić information content (AvgIpc) is 3.63. The maximum Gasteiger partial charge on any atom is 0.135 e. The van der Waals surface area contributed by atoms with Crippen LogP contribution < -0.4 is 4.90 Å². The molecule has 1 aromatic heterocycles. The molecule has 3 heteroatoms. The molecule has 0 saturated heterocycles. The van der Waals surface area contributed by atoms with Crippen LogP contribution in [0.15, 0.2) is 197 Å². The van der Waals surface area contributed by atoms with Crippen molar-refractivity contribution in [2.45, 2.75) is 16.7 Å². The van der Waals surface area contributed by atoms with E-state index in [9.17, 15) is 0 Å². The van der Waals surface area contributed by atoms with E-state index in [1.165, 1.54) is 70.0 Å². The molecule has 0 saturated carbocycles. The number of allylic oxidation sites excluding steroid dienone is 2. The molecule has 1 aliphatic heterocycles. The van der Waals surface area contributed by atoms with E-state index in [1.54, 1.807) is 0 Å². The van der Waals surface area contributed by atoms with Crippen LogP contribution in [0.1, 0.15) is 11.1 Å². The Morgan fingerprint density at radius 1 is 0.482 bits per heavy atom. The number of fused-ring (bicyclic) bond motifs is 11. The number of nitrogens with zero attached hydrogens (tertiary/aromatic N) is 1. The lowest BCUT2D eigenvalue weighted by molar-refractivity contribution is 0.669. The molecule has 264 valence electrons. The Balaban J connectivity index is 1.13. The van der Waals surface area contributed by atoms with Crippen LogP contribution in [-0.2, 0) is 0 Å². The highest BCUT2D eigenvalue weighted by Gasteiger charge is 2.27. The Morgan fingerprint density at radius 2 is 1.09 bits per heavy atom. The standard InChI is InChI=1S/C53H35NOS/c1-3-4-12-35-30-49-53(27-33(35)2)56-52-26-21-38(37-20-25-51-47(29-37)44-17-10-11-18-50(44)55-51)31-48(52)54(49)39-22-24-43-42-23-19-36(34-13-6-5-7-14-34)28-45(42)40-15-8-9-16-41(40)46(43)32-39/h3-32H,1H2,2H3/b12-4-. The highest BCUT2D eigenvalue weighted by atomic mass is 32.2. The first-order chi connectivity index (χ1) is 27.6. The minimum Gasteiger partial charge on any atom is -0.456 e. The molecule has 2 heterocycles. The van der Waals surface area contributed by atoms with E-state index < -0.39 is 0 Å². The fourth-order valence-corrected chi connectivity index (χ4v) is 9.70. The van der Waals surface area contributed by atoms with Gasteiger partial charge in [-0.05, 0) is 133 Å². The first-order valence-electron chi connectivity index (χ1n) is 19.0. The summed E-state index contributed by atoms with van der Waals surface area (Å²) < 4.78 is 6.19. The van der Waals surface area contributed by atoms with E-state index in [2.05, 4.69) is 176 Å². The molecule has 9 aromatic carbocycles. The van der Waals surface area contributed by atoms with Gasteiger partial charge in [0.15, 0.2) is 0 Å². The van der Waals surface area contributed by atoms with Crippen molar-refractivity contribution in [1.29, 1.82) is 0 Å². The summed E-state index contributed by atoms with van der Waals surface area (Å²) in [7, 11) is 0. The van der Waals surface area contributed by atoms with Crippen LogP contribution in [0.3, 0.4) is 0 Å². The topological polar surface area (TPSA) is 16.4 Å². The SMILES string of the molecule is C=C/C=C\c1cc2c(cc1C)Sc1ccc(-c3ccc4oc5ccccc5c4c3)cc1N2c1ccc2c3ccc(-c4ccccc4)cc3c3ccccc3c2c1. The highest BCUT2D eigenvalue weighted by molar-refractivity contribution is 7.99. The van der Waals surface area contributed by atoms with Crippen molar-refractivity contribution in [2.75, 3.05) is 4.90 Å². The Hall–Kier alpha value is -6.81. The summed E-state index contributed by atoms with van der Waals surface area (Å²) in [4.78, 5) is 4.93. The summed E-state index contributed by atoms with van der Waals surface area (Å²) >= 11 is 1.84. The average molecular weight is 734 g/mol. The van der Waals surface area contributed by atoms with Crippen molar-refractivity contribution in [3.63, 3.8) is 0 Å². The van der Waals surface area contributed by atoms with Gasteiger partial charge in [-0.25, -0.2) is 0 Å². The molecule has 10 aromatic rings. The van der Waals surface area contributed by atoms with Crippen molar-refractivity contribution in [1.82, 2.24) is 0 Å². The summed E-state index contributed by atoms with van der Waals surface area (Å²) in [5.74, 6) is 0. The Morgan fingerprint density at radius 3 is 1.91 bits per heavy atom. The number of hydrogen-bond acceptors (Lipinski definition) is 3. The minimum absolute atomic E-state index is 0.904. The summed E-state index contributed by atoms with van der Waals surface area (Å²) in [5, 5.41) is 9.81. The second-order valence-corrected chi connectivity index (χ2v) is 15.7. The van der Waals surface area contributed by atoms with Gasteiger partial charge >= 0.3 is 0 Å². The first kappa shape index (κ1) is 32.6. The van der Waals surface area contributed by atoms with Gasteiger partial charge in [0, 0.05) is 26.3 Å². The third-order valence-electron chi connectivity index (χ3n) is 11.3. The van der Waals surface area contributed by atoms with Gasteiger partial charge in [-0.3, -0.25) is 0 Å². The quantitative estimate of drug-likeness (QED) is 0.129. The predicted molar refractivity (Wildman–Crippen MR) is 240 cm³/mol. The number of furan rings is 1. The number of hydrogen-bond donors (Lipinski definition) is 0. The van der Waals surface area contributed by atoms with Gasteiger partial charge in [0.2, 0.25) is 0 Å². The summed E-state index contributed by atoms with van der Waals surface area (Å²) in [6, 6.07) is 59.9. The van der Waals surface area contributed by atoms with Gasteiger partial charge in [-0.1, -0.05) is 140 Å². The monoisotopic (exact) mass is 733 g/mol.